The largest absolute Gasteiger partial charge is 0.416 e. The SMILES string of the molecule is CCNC(CCSC)c1ccc(C(F)(F)F)cc1C. The van der Waals surface area contributed by atoms with Gasteiger partial charge in [-0.1, -0.05) is 13.0 Å². The highest BCUT2D eigenvalue weighted by atomic mass is 32.2. The zero-order valence-corrected chi connectivity index (χ0v) is 12.3. The third-order valence-electron chi connectivity index (χ3n) is 3.03. The number of thioether (sulfide) groups is 1. The molecule has 1 unspecified atom stereocenters. The summed E-state index contributed by atoms with van der Waals surface area (Å²) < 4.78 is 37.9. The standard InChI is InChI=1S/C14H20F3NS/c1-4-18-13(7-8-19-3)12-6-5-11(9-10(12)2)14(15,16)17/h5-6,9,13,18H,4,7-8H2,1-3H3. The molecule has 1 N–H and O–H groups in total. The van der Waals surface area contributed by atoms with Gasteiger partial charge in [0, 0.05) is 6.04 Å². The summed E-state index contributed by atoms with van der Waals surface area (Å²) in [4.78, 5) is 0. The number of alkyl halides is 3. The van der Waals surface area contributed by atoms with Gasteiger partial charge in [0.15, 0.2) is 0 Å². The summed E-state index contributed by atoms with van der Waals surface area (Å²) in [6, 6.07) is 4.14. The average Bonchev–Trinajstić information content (AvgIpc) is 2.33. The van der Waals surface area contributed by atoms with Gasteiger partial charge in [-0.2, -0.15) is 24.9 Å². The van der Waals surface area contributed by atoms with Gasteiger partial charge in [-0.25, -0.2) is 0 Å². The Morgan fingerprint density at radius 2 is 2.00 bits per heavy atom. The van der Waals surface area contributed by atoms with Gasteiger partial charge in [-0.05, 0) is 55.2 Å². The Hall–Kier alpha value is -0.680. The van der Waals surface area contributed by atoms with Crippen LogP contribution in [0.3, 0.4) is 0 Å². The van der Waals surface area contributed by atoms with Crippen molar-refractivity contribution in [3.05, 3.63) is 34.9 Å². The number of rotatable bonds is 6. The molecule has 1 aromatic carbocycles. The molecule has 0 fully saturated rings. The Labute approximate surface area is 117 Å². The molecule has 0 aromatic heterocycles. The number of benzene rings is 1. The van der Waals surface area contributed by atoms with Gasteiger partial charge in [0.1, 0.15) is 0 Å². The van der Waals surface area contributed by atoms with E-state index in [0.717, 1.165) is 24.3 Å². The first-order valence-corrected chi connectivity index (χ1v) is 7.69. The van der Waals surface area contributed by atoms with E-state index in [1.165, 1.54) is 12.1 Å². The molecule has 0 spiro atoms. The van der Waals surface area contributed by atoms with Crippen LogP contribution >= 0.6 is 11.8 Å². The molecule has 108 valence electrons. The maximum absolute atomic E-state index is 12.6. The van der Waals surface area contributed by atoms with Crippen molar-refractivity contribution in [3.63, 3.8) is 0 Å². The van der Waals surface area contributed by atoms with Crippen molar-refractivity contribution in [2.45, 2.75) is 32.5 Å². The highest BCUT2D eigenvalue weighted by Crippen LogP contribution is 2.32. The predicted molar refractivity (Wildman–Crippen MR) is 75.6 cm³/mol. The second-order valence-electron chi connectivity index (χ2n) is 4.46. The first kappa shape index (κ1) is 16.4. The summed E-state index contributed by atoms with van der Waals surface area (Å²) in [5.41, 5.74) is 1.08. The smallest absolute Gasteiger partial charge is 0.310 e. The number of hydrogen-bond donors (Lipinski definition) is 1. The van der Waals surface area contributed by atoms with Crippen LogP contribution in [0.15, 0.2) is 18.2 Å². The maximum atomic E-state index is 12.6. The lowest BCUT2D eigenvalue weighted by Crippen LogP contribution is -2.22. The van der Waals surface area contributed by atoms with Crippen LogP contribution < -0.4 is 5.32 Å². The molecule has 1 rings (SSSR count). The topological polar surface area (TPSA) is 12.0 Å². The Kier molecular flexibility index (Phi) is 6.20. The molecule has 1 nitrogen and oxygen atoms in total. The summed E-state index contributed by atoms with van der Waals surface area (Å²) in [6.07, 6.45) is -1.32. The van der Waals surface area contributed by atoms with Crippen molar-refractivity contribution < 1.29 is 13.2 Å². The van der Waals surface area contributed by atoms with Crippen LogP contribution in [-0.4, -0.2) is 18.6 Å². The Morgan fingerprint density at radius 1 is 1.32 bits per heavy atom. The van der Waals surface area contributed by atoms with Gasteiger partial charge in [-0.15, -0.1) is 0 Å². The average molecular weight is 291 g/mol. The molecule has 0 aliphatic rings. The van der Waals surface area contributed by atoms with E-state index >= 15 is 0 Å². The van der Waals surface area contributed by atoms with Crippen molar-refractivity contribution in [1.82, 2.24) is 5.32 Å². The van der Waals surface area contributed by atoms with Crippen LogP contribution in [0, 0.1) is 6.92 Å². The fourth-order valence-electron chi connectivity index (χ4n) is 2.09. The van der Waals surface area contributed by atoms with E-state index in [-0.39, 0.29) is 6.04 Å². The molecule has 0 amide bonds. The molecular weight excluding hydrogens is 271 g/mol. The lowest BCUT2D eigenvalue weighted by atomic mass is 9.97. The maximum Gasteiger partial charge on any atom is 0.416 e. The normalized spacial score (nSPS) is 13.6. The van der Waals surface area contributed by atoms with E-state index in [2.05, 4.69) is 5.32 Å². The Morgan fingerprint density at radius 3 is 2.47 bits per heavy atom. The van der Waals surface area contributed by atoms with Crippen molar-refractivity contribution in [2.24, 2.45) is 0 Å². The van der Waals surface area contributed by atoms with Crippen LogP contribution in [0.25, 0.3) is 0 Å². The Balaban J connectivity index is 2.97. The molecule has 1 aromatic rings. The molecule has 1 atom stereocenters. The van der Waals surface area contributed by atoms with Crippen molar-refractivity contribution in [3.8, 4) is 0 Å². The summed E-state index contributed by atoms with van der Waals surface area (Å²) >= 11 is 1.74. The van der Waals surface area contributed by atoms with Gasteiger partial charge in [0.25, 0.3) is 0 Å². The van der Waals surface area contributed by atoms with E-state index in [9.17, 15) is 13.2 Å². The molecule has 0 heterocycles. The van der Waals surface area contributed by atoms with E-state index < -0.39 is 11.7 Å². The molecule has 0 radical (unpaired) electrons. The van der Waals surface area contributed by atoms with Gasteiger partial charge >= 0.3 is 6.18 Å². The minimum absolute atomic E-state index is 0.125. The minimum Gasteiger partial charge on any atom is -0.310 e. The predicted octanol–water partition coefficient (Wildman–Crippen LogP) is 4.42. The van der Waals surface area contributed by atoms with Crippen LogP contribution in [-0.2, 0) is 6.18 Å². The lowest BCUT2D eigenvalue weighted by Gasteiger charge is -2.21. The lowest BCUT2D eigenvalue weighted by molar-refractivity contribution is -0.137. The van der Waals surface area contributed by atoms with E-state index in [4.69, 9.17) is 0 Å². The number of hydrogen-bond acceptors (Lipinski definition) is 2. The number of aryl methyl sites for hydroxylation is 1. The van der Waals surface area contributed by atoms with E-state index in [1.807, 2.05) is 13.2 Å². The summed E-state index contributed by atoms with van der Waals surface area (Å²) in [6.45, 7) is 4.55. The van der Waals surface area contributed by atoms with E-state index in [1.54, 1.807) is 24.8 Å². The monoisotopic (exact) mass is 291 g/mol. The molecule has 0 aliphatic carbocycles. The fourth-order valence-corrected chi connectivity index (χ4v) is 2.56. The molecule has 0 saturated heterocycles. The van der Waals surface area contributed by atoms with Gasteiger partial charge in [0.2, 0.25) is 0 Å². The second kappa shape index (κ2) is 7.20. The van der Waals surface area contributed by atoms with E-state index in [0.29, 0.717) is 5.56 Å². The molecule has 0 aliphatic heterocycles. The summed E-state index contributed by atoms with van der Waals surface area (Å²) in [5, 5.41) is 3.34. The van der Waals surface area contributed by atoms with Crippen LogP contribution in [0.5, 0.6) is 0 Å². The quantitative estimate of drug-likeness (QED) is 0.833. The first-order valence-electron chi connectivity index (χ1n) is 6.30. The third kappa shape index (κ3) is 4.73. The second-order valence-corrected chi connectivity index (χ2v) is 5.45. The molecule has 19 heavy (non-hydrogen) atoms. The highest BCUT2D eigenvalue weighted by molar-refractivity contribution is 7.98. The number of halogens is 3. The fraction of sp³-hybridized carbons (Fsp3) is 0.571. The van der Waals surface area contributed by atoms with Crippen molar-refractivity contribution in [2.75, 3.05) is 18.6 Å². The zero-order valence-electron chi connectivity index (χ0n) is 11.5. The highest BCUT2D eigenvalue weighted by Gasteiger charge is 2.31. The van der Waals surface area contributed by atoms with Crippen LogP contribution in [0.4, 0.5) is 13.2 Å². The summed E-state index contributed by atoms with van der Waals surface area (Å²) in [7, 11) is 0. The van der Waals surface area contributed by atoms with Gasteiger partial charge in [-0.3, -0.25) is 0 Å². The molecule has 5 heteroatoms. The number of nitrogens with one attached hydrogen (secondary N) is 1. The molecule has 0 saturated carbocycles. The first-order chi connectivity index (χ1) is 8.90. The zero-order chi connectivity index (χ0) is 14.5. The van der Waals surface area contributed by atoms with Crippen LogP contribution in [0.2, 0.25) is 0 Å². The minimum atomic E-state index is -4.27. The van der Waals surface area contributed by atoms with Gasteiger partial charge < -0.3 is 5.32 Å². The Bertz CT molecular complexity index is 404. The molecule has 0 bridgehead atoms. The molecular formula is C14H20F3NS. The van der Waals surface area contributed by atoms with Crippen LogP contribution in [0.1, 0.15) is 36.1 Å². The third-order valence-corrected chi connectivity index (χ3v) is 3.68. The van der Waals surface area contributed by atoms with Gasteiger partial charge in [0.05, 0.1) is 5.56 Å². The van der Waals surface area contributed by atoms with Crippen molar-refractivity contribution >= 4 is 11.8 Å². The summed E-state index contributed by atoms with van der Waals surface area (Å²) in [5.74, 6) is 0.984. The van der Waals surface area contributed by atoms with Crippen molar-refractivity contribution in [1.29, 1.82) is 0 Å².